The molecule has 1 aromatic carbocycles. The predicted molar refractivity (Wildman–Crippen MR) is 62.8 cm³/mol. The SMILES string of the molecule is [C-]#[N+]CCc1c[nH]c2c(CC)cccc12. The Balaban J connectivity index is 2.47. The summed E-state index contributed by atoms with van der Waals surface area (Å²) in [5.74, 6) is 0. The van der Waals surface area contributed by atoms with E-state index in [9.17, 15) is 0 Å². The van der Waals surface area contributed by atoms with E-state index in [0.29, 0.717) is 6.54 Å². The first kappa shape index (κ1) is 9.79. The summed E-state index contributed by atoms with van der Waals surface area (Å²) in [6.07, 6.45) is 3.92. The normalized spacial score (nSPS) is 10.4. The summed E-state index contributed by atoms with van der Waals surface area (Å²) in [5, 5.41) is 1.28. The zero-order valence-electron chi connectivity index (χ0n) is 8.88. The number of para-hydroxylation sites is 1. The van der Waals surface area contributed by atoms with E-state index in [1.54, 1.807) is 0 Å². The number of aromatic nitrogens is 1. The van der Waals surface area contributed by atoms with Crippen LogP contribution < -0.4 is 0 Å². The molecule has 2 aromatic rings. The van der Waals surface area contributed by atoms with E-state index in [0.717, 1.165) is 12.8 Å². The molecule has 0 unspecified atom stereocenters. The van der Waals surface area contributed by atoms with E-state index in [4.69, 9.17) is 6.57 Å². The minimum atomic E-state index is 0.573. The number of nitrogens with one attached hydrogen (secondary N) is 1. The third-order valence-electron chi connectivity index (χ3n) is 2.76. The number of nitrogens with zero attached hydrogens (tertiary/aromatic N) is 1. The average Bonchev–Trinajstić information content (AvgIpc) is 2.69. The molecule has 0 bridgehead atoms. The van der Waals surface area contributed by atoms with Crippen LogP contribution in [-0.4, -0.2) is 11.5 Å². The van der Waals surface area contributed by atoms with Gasteiger partial charge in [-0.1, -0.05) is 25.1 Å². The van der Waals surface area contributed by atoms with Crippen molar-refractivity contribution in [3.8, 4) is 0 Å². The molecule has 0 aliphatic rings. The van der Waals surface area contributed by atoms with E-state index < -0.39 is 0 Å². The zero-order chi connectivity index (χ0) is 10.7. The maximum Gasteiger partial charge on any atom is 0.218 e. The highest BCUT2D eigenvalue weighted by atomic mass is 14.7. The van der Waals surface area contributed by atoms with Crippen LogP contribution in [0.15, 0.2) is 24.4 Å². The van der Waals surface area contributed by atoms with Gasteiger partial charge < -0.3 is 9.83 Å². The maximum atomic E-state index is 6.81. The van der Waals surface area contributed by atoms with Gasteiger partial charge in [0, 0.05) is 23.5 Å². The molecular formula is C13H14N2. The predicted octanol–water partition coefficient (Wildman–Crippen LogP) is 3.19. The van der Waals surface area contributed by atoms with Gasteiger partial charge in [0.1, 0.15) is 0 Å². The summed E-state index contributed by atoms with van der Waals surface area (Å²) in [5.41, 5.74) is 3.85. The van der Waals surface area contributed by atoms with Crippen molar-refractivity contribution in [2.75, 3.05) is 6.54 Å². The molecule has 0 spiro atoms. The highest BCUT2D eigenvalue weighted by Gasteiger charge is 2.06. The first-order chi connectivity index (χ1) is 7.36. The molecule has 76 valence electrons. The van der Waals surface area contributed by atoms with Gasteiger partial charge in [0.05, 0.1) is 0 Å². The van der Waals surface area contributed by atoms with Crippen LogP contribution in [0.25, 0.3) is 15.7 Å². The van der Waals surface area contributed by atoms with E-state index in [1.807, 2.05) is 6.20 Å². The van der Waals surface area contributed by atoms with Crippen molar-refractivity contribution >= 4 is 10.9 Å². The fraction of sp³-hybridized carbons (Fsp3) is 0.308. The Morgan fingerprint density at radius 2 is 2.20 bits per heavy atom. The highest BCUT2D eigenvalue weighted by molar-refractivity contribution is 5.86. The number of rotatable bonds is 3. The van der Waals surface area contributed by atoms with Crippen molar-refractivity contribution < 1.29 is 0 Å². The molecule has 1 N–H and O–H groups in total. The molecule has 0 radical (unpaired) electrons. The van der Waals surface area contributed by atoms with Gasteiger partial charge in [-0.15, -0.1) is 0 Å². The van der Waals surface area contributed by atoms with Crippen LogP contribution in [0.4, 0.5) is 0 Å². The van der Waals surface area contributed by atoms with Crippen molar-refractivity contribution in [3.05, 3.63) is 46.9 Å². The molecule has 15 heavy (non-hydrogen) atoms. The molecule has 0 saturated carbocycles. The third-order valence-corrected chi connectivity index (χ3v) is 2.76. The fourth-order valence-electron chi connectivity index (χ4n) is 1.95. The first-order valence-electron chi connectivity index (χ1n) is 5.28. The fourth-order valence-corrected chi connectivity index (χ4v) is 1.95. The molecule has 1 aromatic heterocycles. The standard InChI is InChI=1S/C13H14N2/c1-3-10-5-4-6-12-11(7-8-14-2)9-15-13(10)12/h4-6,9,15H,3,7-8H2,1H3. The molecule has 0 aliphatic heterocycles. The lowest BCUT2D eigenvalue weighted by Gasteiger charge is -1.99. The van der Waals surface area contributed by atoms with Crippen LogP contribution >= 0.6 is 0 Å². The molecule has 2 heteroatoms. The van der Waals surface area contributed by atoms with E-state index in [-0.39, 0.29) is 0 Å². The Labute approximate surface area is 89.7 Å². The summed E-state index contributed by atoms with van der Waals surface area (Å²) >= 11 is 0. The molecule has 0 atom stereocenters. The molecular weight excluding hydrogens is 184 g/mol. The van der Waals surface area contributed by atoms with Gasteiger partial charge in [-0.2, -0.15) is 0 Å². The van der Waals surface area contributed by atoms with Gasteiger partial charge in [-0.05, 0) is 17.5 Å². The Hall–Kier alpha value is -1.75. The topological polar surface area (TPSA) is 20.1 Å². The summed E-state index contributed by atoms with van der Waals surface area (Å²) in [6, 6.07) is 6.37. The number of benzene rings is 1. The molecule has 0 fully saturated rings. The van der Waals surface area contributed by atoms with Crippen molar-refractivity contribution in [1.82, 2.24) is 4.98 Å². The Morgan fingerprint density at radius 3 is 2.93 bits per heavy atom. The second-order valence-corrected chi connectivity index (χ2v) is 3.64. The lowest BCUT2D eigenvalue weighted by Crippen LogP contribution is -1.86. The van der Waals surface area contributed by atoms with Crippen LogP contribution in [0.2, 0.25) is 0 Å². The second kappa shape index (κ2) is 4.18. The Bertz CT molecular complexity index is 503. The zero-order valence-corrected chi connectivity index (χ0v) is 8.88. The van der Waals surface area contributed by atoms with E-state index in [2.05, 4.69) is 35.0 Å². The lowest BCUT2D eigenvalue weighted by atomic mass is 10.1. The van der Waals surface area contributed by atoms with Crippen molar-refractivity contribution in [2.45, 2.75) is 19.8 Å². The maximum absolute atomic E-state index is 6.81. The van der Waals surface area contributed by atoms with Crippen molar-refractivity contribution in [2.24, 2.45) is 0 Å². The average molecular weight is 198 g/mol. The molecule has 0 saturated heterocycles. The second-order valence-electron chi connectivity index (χ2n) is 3.64. The van der Waals surface area contributed by atoms with Gasteiger partial charge in [-0.25, -0.2) is 6.57 Å². The molecule has 2 nitrogen and oxygen atoms in total. The number of hydrogen-bond donors (Lipinski definition) is 1. The van der Waals surface area contributed by atoms with Crippen LogP contribution in [0.1, 0.15) is 18.1 Å². The highest BCUT2D eigenvalue weighted by Crippen LogP contribution is 2.22. The van der Waals surface area contributed by atoms with Crippen LogP contribution in [0, 0.1) is 6.57 Å². The van der Waals surface area contributed by atoms with Crippen molar-refractivity contribution in [1.29, 1.82) is 0 Å². The van der Waals surface area contributed by atoms with Gasteiger partial charge in [0.15, 0.2) is 0 Å². The molecule has 0 aliphatic carbocycles. The number of hydrogen-bond acceptors (Lipinski definition) is 0. The summed E-state index contributed by atoms with van der Waals surface area (Å²) in [6.45, 7) is 9.54. The largest absolute Gasteiger partial charge is 0.361 e. The monoisotopic (exact) mass is 198 g/mol. The smallest absolute Gasteiger partial charge is 0.218 e. The minimum absolute atomic E-state index is 0.573. The van der Waals surface area contributed by atoms with Gasteiger partial charge in [-0.3, -0.25) is 0 Å². The van der Waals surface area contributed by atoms with Gasteiger partial charge in [0.2, 0.25) is 6.54 Å². The minimum Gasteiger partial charge on any atom is -0.361 e. The molecule has 2 rings (SSSR count). The summed E-state index contributed by atoms with van der Waals surface area (Å²) < 4.78 is 0. The Morgan fingerprint density at radius 1 is 1.33 bits per heavy atom. The third kappa shape index (κ3) is 1.73. The van der Waals surface area contributed by atoms with Crippen LogP contribution in [0.3, 0.4) is 0 Å². The van der Waals surface area contributed by atoms with Crippen LogP contribution in [0.5, 0.6) is 0 Å². The lowest BCUT2D eigenvalue weighted by molar-refractivity contribution is 1.09. The number of H-pyrrole nitrogens is 1. The summed E-state index contributed by atoms with van der Waals surface area (Å²) in [7, 11) is 0. The number of fused-ring (bicyclic) bond motifs is 1. The van der Waals surface area contributed by atoms with Crippen molar-refractivity contribution in [3.63, 3.8) is 0 Å². The molecule has 0 amide bonds. The van der Waals surface area contributed by atoms with E-state index in [1.165, 1.54) is 22.0 Å². The number of aryl methyl sites for hydroxylation is 1. The van der Waals surface area contributed by atoms with Gasteiger partial charge >= 0.3 is 0 Å². The Kier molecular flexibility index (Phi) is 2.73. The van der Waals surface area contributed by atoms with E-state index >= 15 is 0 Å². The van der Waals surface area contributed by atoms with Gasteiger partial charge in [0.25, 0.3) is 0 Å². The number of aromatic amines is 1. The van der Waals surface area contributed by atoms with Crippen LogP contribution in [-0.2, 0) is 12.8 Å². The molecule has 1 heterocycles. The summed E-state index contributed by atoms with van der Waals surface area (Å²) in [4.78, 5) is 6.71. The first-order valence-corrected chi connectivity index (χ1v) is 5.28. The quantitative estimate of drug-likeness (QED) is 0.731.